The van der Waals surface area contributed by atoms with Gasteiger partial charge in [0.15, 0.2) is 0 Å². The number of aromatic nitrogens is 2. The second-order valence-electron chi connectivity index (χ2n) is 8.24. The first-order chi connectivity index (χ1) is 15.0. The predicted molar refractivity (Wildman–Crippen MR) is 120 cm³/mol. The highest BCUT2D eigenvalue weighted by molar-refractivity contribution is 6.01. The number of rotatable bonds is 7. The third kappa shape index (κ3) is 4.49. The number of carbonyl (C=O) groups is 1. The standard InChI is InChI=1S/C25H29N3O3/c1-4-6-20-16-28(25(30)24(20)17(2)31-23-8-5-7-22(23)29)14-18-9-11-19(12-10-18)21-13-26-27(3)15-21/h4,6,9-13,15,22-23,29H,2,5,7-8,14,16H2,1,3H3/b6-4-/t22-,23-/m0/s1. The average molecular weight is 420 g/mol. The molecule has 2 aliphatic rings. The maximum absolute atomic E-state index is 13.2. The van der Waals surface area contributed by atoms with Crippen LogP contribution in [0.4, 0.5) is 0 Å². The number of hydrogen-bond donors (Lipinski definition) is 1. The summed E-state index contributed by atoms with van der Waals surface area (Å²) in [5.74, 6) is 0.278. The average Bonchev–Trinajstić information content (AvgIpc) is 3.43. The van der Waals surface area contributed by atoms with Gasteiger partial charge in [-0.2, -0.15) is 5.10 Å². The number of allylic oxidation sites excluding steroid dienone is 1. The van der Waals surface area contributed by atoms with Crippen LogP contribution in [0.5, 0.6) is 0 Å². The van der Waals surface area contributed by atoms with Gasteiger partial charge in [-0.1, -0.05) is 43.0 Å². The molecule has 2 aromatic rings. The minimum absolute atomic E-state index is 0.0816. The van der Waals surface area contributed by atoms with Crippen LogP contribution in [0.1, 0.15) is 31.7 Å². The van der Waals surface area contributed by atoms with Gasteiger partial charge >= 0.3 is 0 Å². The second kappa shape index (κ2) is 8.94. The van der Waals surface area contributed by atoms with Crippen molar-refractivity contribution in [1.29, 1.82) is 0 Å². The molecule has 1 aromatic heterocycles. The summed E-state index contributed by atoms with van der Waals surface area (Å²) in [6.45, 7) is 6.98. The Hall–Kier alpha value is -3.12. The first-order valence-corrected chi connectivity index (χ1v) is 10.7. The third-order valence-corrected chi connectivity index (χ3v) is 5.91. The van der Waals surface area contributed by atoms with Gasteiger partial charge < -0.3 is 14.7 Å². The van der Waals surface area contributed by atoms with Crippen molar-refractivity contribution in [2.75, 3.05) is 6.54 Å². The highest BCUT2D eigenvalue weighted by Crippen LogP contribution is 2.32. The van der Waals surface area contributed by atoms with Crippen LogP contribution in [0.25, 0.3) is 11.1 Å². The van der Waals surface area contributed by atoms with Gasteiger partial charge in [-0.25, -0.2) is 0 Å². The topological polar surface area (TPSA) is 67.6 Å². The van der Waals surface area contributed by atoms with Crippen LogP contribution < -0.4 is 0 Å². The zero-order valence-electron chi connectivity index (χ0n) is 18.1. The Morgan fingerprint density at radius 1 is 1.29 bits per heavy atom. The molecular formula is C25H29N3O3. The lowest BCUT2D eigenvalue weighted by molar-refractivity contribution is -0.126. The molecule has 0 radical (unpaired) electrons. The zero-order chi connectivity index (χ0) is 22.0. The van der Waals surface area contributed by atoms with E-state index in [4.69, 9.17) is 4.74 Å². The summed E-state index contributed by atoms with van der Waals surface area (Å²) < 4.78 is 7.71. The van der Waals surface area contributed by atoms with E-state index in [-0.39, 0.29) is 12.0 Å². The number of carbonyl (C=O) groups excluding carboxylic acids is 1. The molecule has 1 aliphatic carbocycles. The van der Waals surface area contributed by atoms with Gasteiger partial charge in [-0.05, 0) is 42.9 Å². The highest BCUT2D eigenvalue weighted by atomic mass is 16.5. The molecule has 4 rings (SSSR count). The monoisotopic (exact) mass is 419 g/mol. The zero-order valence-corrected chi connectivity index (χ0v) is 18.1. The predicted octanol–water partition coefficient (Wildman–Crippen LogP) is 3.75. The lowest BCUT2D eigenvalue weighted by Gasteiger charge is -2.20. The molecular weight excluding hydrogens is 390 g/mol. The molecule has 0 spiro atoms. The van der Waals surface area contributed by atoms with Gasteiger partial charge in [0, 0.05) is 31.9 Å². The Morgan fingerprint density at radius 3 is 2.68 bits per heavy atom. The van der Waals surface area contributed by atoms with E-state index in [1.807, 2.05) is 55.5 Å². The molecule has 0 unspecified atom stereocenters. The van der Waals surface area contributed by atoms with Crippen LogP contribution >= 0.6 is 0 Å². The fourth-order valence-electron chi connectivity index (χ4n) is 4.29. The molecule has 1 saturated carbocycles. The summed E-state index contributed by atoms with van der Waals surface area (Å²) in [7, 11) is 1.90. The van der Waals surface area contributed by atoms with Crippen LogP contribution in [0, 0.1) is 0 Å². The molecule has 1 fully saturated rings. The van der Waals surface area contributed by atoms with Gasteiger partial charge in [0.1, 0.15) is 11.9 Å². The van der Waals surface area contributed by atoms with E-state index in [0.29, 0.717) is 24.4 Å². The molecule has 1 N–H and O–H groups in total. The first kappa shape index (κ1) is 21.1. The normalized spacial score (nSPS) is 21.5. The van der Waals surface area contributed by atoms with Crippen LogP contribution in [-0.2, 0) is 23.1 Å². The van der Waals surface area contributed by atoms with Crippen molar-refractivity contribution < 1.29 is 14.6 Å². The molecule has 6 heteroatoms. The van der Waals surface area contributed by atoms with Crippen LogP contribution in [0.3, 0.4) is 0 Å². The number of ether oxygens (including phenoxy) is 1. The summed E-state index contributed by atoms with van der Waals surface area (Å²) in [4.78, 5) is 15.0. The number of amides is 1. The maximum Gasteiger partial charge on any atom is 0.258 e. The smallest absolute Gasteiger partial charge is 0.258 e. The van der Waals surface area contributed by atoms with Crippen LogP contribution in [0.2, 0.25) is 0 Å². The van der Waals surface area contributed by atoms with E-state index in [2.05, 4.69) is 23.8 Å². The Balaban J connectivity index is 1.46. The fraction of sp³-hybridized carbons (Fsp3) is 0.360. The largest absolute Gasteiger partial charge is 0.488 e. The number of benzene rings is 1. The number of aryl methyl sites for hydroxylation is 1. The summed E-state index contributed by atoms with van der Waals surface area (Å²) in [5.41, 5.74) is 4.63. The van der Waals surface area contributed by atoms with Crippen molar-refractivity contribution in [3.63, 3.8) is 0 Å². The van der Waals surface area contributed by atoms with Crippen LogP contribution in [-0.4, -0.2) is 44.4 Å². The van der Waals surface area contributed by atoms with E-state index < -0.39 is 6.10 Å². The Labute approximate surface area is 183 Å². The SMILES string of the molecule is C=C(O[C@H]1CCC[C@@H]1O)C1=C(/C=C\C)CN(Cc2ccc(-c3cnn(C)c3)cc2)C1=O. The van der Waals surface area contributed by atoms with E-state index in [1.54, 1.807) is 4.68 Å². The van der Waals surface area contributed by atoms with Gasteiger partial charge in [-0.15, -0.1) is 0 Å². The molecule has 2 atom stereocenters. The minimum atomic E-state index is -0.492. The van der Waals surface area contributed by atoms with Gasteiger partial charge in [0.2, 0.25) is 0 Å². The number of aliphatic hydroxyl groups excluding tert-OH is 1. The van der Waals surface area contributed by atoms with Crippen molar-refractivity contribution in [2.45, 2.75) is 44.9 Å². The molecule has 1 aliphatic heterocycles. The molecule has 0 saturated heterocycles. The Kier molecular flexibility index (Phi) is 6.09. The minimum Gasteiger partial charge on any atom is -0.488 e. The Bertz CT molecular complexity index is 1030. The molecule has 1 aromatic carbocycles. The number of hydrogen-bond acceptors (Lipinski definition) is 4. The van der Waals surface area contributed by atoms with E-state index in [0.717, 1.165) is 41.5 Å². The van der Waals surface area contributed by atoms with E-state index in [1.165, 1.54) is 0 Å². The summed E-state index contributed by atoms with van der Waals surface area (Å²) in [5, 5.41) is 14.3. The molecule has 162 valence electrons. The van der Waals surface area contributed by atoms with Crippen molar-refractivity contribution in [1.82, 2.24) is 14.7 Å². The quantitative estimate of drug-likeness (QED) is 0.694. The molecule has 2 heterocycles. The Morgan fingerprint density at radius 2 is 2.06 bits per heavy atom. The molecule has 1 amide bonds. The first-order valence-electron chi connectivity index (χ1n) is 10.7. The van der Waals surface area contributed by atoms with Crippen molar-refractivity contribution in [2.24, 2.45) is 7.05 Å². The van der Waals surface area contributed by atoms with Crippen LogP contribution in [0.15, 0.2) is 72.3 Å². The van der Waals surface area contributed by atoms with Crippen molar-refractivity contribution in [3.8, 4) is 11.1 Å². The van der Waals surface area contributed by atoms with E-state index in [9.17, 15) is 9.90 Å². The summed E-state index contributed by atoms with van der Waals surface area (Å²) in [6.07, 6.45) is 9.35. The third-order valence-electron chi connectivity index (χ3n) is 5.91. The lowest BCUT2D eigenvalue weighted by Crippen LogP contribution is -2.28. The van der Waals surface area contributed by atoms with Gasteiger partial charge in [0.05, 0.1) is 17.9 Å². The fourth-order valence-corrected chi connectivity index (χ4v) is 4.29. The maximum atomic E-state index is 13.2. The molecule has 0 bridgehead atoms. The van der Waals surface area contributed by atoms with E-state index >= 15 is 0 Å². The number of nitrogens with zero attached hydrogens (tertiary/aromatic N) is 3. The highest BCUT2D eigenvalue weighted by Gasteiger charge is 2.34. The summed E-state index contributed by atoms with van der Waals surface area (Å²) >= 11 is 0. The molecule has 31 heavy (non-hydrogen) atoms. The molecule has 6 nitrogen and oxygen atoms in total. The summed E-state index contributed by atoms with van der Waals surface area (Å²) in [6, 6.07) is 8.20. The second-order valence-corrected chi connectivity index (χ2v) is 8.24. The van der Waals surface area contributed by atoms with Gasteiger partial charge in [-0.3, -0.25) is 9.48 Å². The lowest BCUT2D eigenvalue weighted by atomic mass is 10.1. The number of aliphatic hydroxyl groups is 1. The van der Waals surface area contributed by atoms with Gasteiger partial charge in [0.25, 0.3) is 5.91 Å². The van der Waals surface area contributed by atoms with Crippen molar-refractivity contribution >= 4 is 5.91 Å². The van der Waals surface area contributed by atoms with Crippen molar-refractivity contribution in [3.05, 3.63) is 77.9 Å².